The highest BCUT2D eigenvalue weighted by molar-refractivity contribution is 5.42. The molecule has 5 nitrogen and oxygen atoms in total. The lowest BCUT2D eigenvalue weighted by molar-refractivity contribution is -0.128. The molecule has 21 heavy (non-hydrogen) atoms. The quantitative estimate of drug-likeness (QED) is 0.882. The minimum Gasteiger partial charge on any atom is -0.396 e. The van der Waals surface area contributed by atoms with E-state index in [0.717, 1.165) is 17.2 Å². The van der Waals surface area contributed by atoms with Crippen LogP contribution in [0.3, 0.4) is 0 Å². The van der Waals surface area contributed by atoms with Crippen LogP contribution in [0.15, 0.2) is 30.3 Å². The van der Waals surface area contributed by atoms with Gasteiger partial charge in [0, 0.05) is 18.3 Å². The molecule has 1 aliphatic rings. The van der Waals surface area contributed by atoms with Crippen molar-refractivity contribution in [1.82, 2.24) is 9.78 Å². The molecule has 3 rings (SSSR count). The highest BCUT2D eigenvalue weighted by atomic mass is 16.5. The van der Waals surface area contributed by atoms with Gasteiger partial charge >= 0.3 is 0 Å². The smallest absolute Gasteiger partial charge is 0.148 e. The summed E-state index contributed by atoms with van der Waals surface area (Å²) in [5, 5.41) is 17.3. The maximum absolute atomic E-state index is 9.43. The van der Waals surface area contributed by atoms with Gasteiger partial charge in [-0.15, -0.1) is 0 Å². The topological polar surface area (TPSA) is 59.3 Å². The van der Waals surface area contributed by atoms with Gasteiger partial charge in [0.05, 0.1) is 30.9 Å². The van der Waals surface area contributed by atoms with Crippen LogP contribution in [-0.2, 0) is 4.74 Å². The third-order valence-electron chi connectivity index (χ3n) is 3.96. The Balaban J connectivity index is 1.73. The highest BCUT2D eigenvalue weighted by Gasteiger charge is 2.38. The normalized spacial score (nSPS) is 16.5. The van der Waals surface area contributed by atoms with E-state index in [2.05, 4.69) is 41.6 Å². The molecule has 0 bridgehead atoms. The fourth-order valence-corrected chi connectivity index (χ4v) is 2.43. The van der Waals surface area contributed by atoms with E-state index in [1.54, 1.807) is 0 Å². The molecule has 0 amide bonds. The van der Waals surface area contributed by atoms with Gasteiger partial charge in [-0.1, -0.05) is 17.7 Å². The van der Waals surface area contributed by atoms with Gasteiger partial charge < -0.3 is 15.2 Å². The van der Waals surface area contributed by atoms with Gasteiger partial charge in [-0.2, -0.15) is 5.10 Å². The minimum absolute atomic E-state index is 0.137. The second-order valence-electron chi connectivity index (χ2n) is 5.92. The van der Waals surface area contributed by atoms with Crippen molar-refractivity contribution < 1.29 is 9.84 Å². The summed E-state index contributed by atoms with van der Waals surface area (Å²) in [6, 6.07) is 10.3. The van der Waals surface area contributed by atoms with E-state index in [1.165, 1.54) is 5.56 Å². The number of aromatic nitrogens is 2. The Labute approximate surface area is 124 Å². The summed E-state index contributed by atoms with van der Waals surface area (Å²) in [6.45, 7) is 6.13. The van der Waals surface area contributed by atoms with E-state index in [9.17, 15) is 5.11 Å². The molecule has 0 unspecified atom stereocenters. The Kier molecular flexibility index (Phi) is 3.69. The number of aryl methyl sites for hydroxylation is 2. The fraction of sp³-hybridized carbons (Fsp3) is 0.438. The minimum atomic E-state index is -0.151. The molecule has 1 aromatic carbocycles. The average Bonchev–Trinajstić information content (AvgIpc) is 2.80. The summed E-state index contributed by atoms with van der Waals surface area (Å²) >= 11 is 0. The van der Waals surface area contributed by atoms with Crippen LogP contribution in [0.5, 0.6) is 0 Å². The molecule has 0 atom stereocenters. The maximum Gasteiger partial charge on any atom is 0.148 e. The first-order valence-corrected chi connectivity index (χ1v) is 7.18. The molecule has 5 heteroatoms. The van der Waals surface area contributed by atoms with Crippen LogP contribution in [0.2, 0.25) is 0 Å². The zero-order valence-corrected chi connectivity index (χ0v) is 12.5. The molecule has 0 saturated carbocycles. The first kappa shape index (κ1) is 14.1. The summed E-state index contributed by atoms with van der Waals surface area (Å²) in [7, 11) is 0. The van der Waals surface area contributed by atoms with Gasteiger partial charge in [0.15, 0.2) is 0 Å². The van der Waals surface area contributed by atoms with Gasteiger partial charge in [0.25, 0.3) is 0 Å². The molecular weight excluding hydrogens is 266 g/mol. The van der Waals surface area contributed by atoms with Crippen molar-refractivity contribution in [3.63, 3.8) is 0 Å². The van der Waals surface area contributed by atoms with Crippen LogP contribution >= 0.6 is 0 Å². The van der Waals surface area contributed by atoms with E-state index in [1.807, 2.05) is 17.7 Å². The zero-order chi connectivity index (χ0) is 14.9. The molecule has 2 aromatic rings. The molecule has 1 aromatic heterocycles. The van der Waals surface area contributed by atoms with Gasteiger partial charge in [-0.3, -0.25) is 0 Å². The first-order chi connectivity index (χ1) is 10.1. The Hall–Kier alpha value is -1.85. The molecule has 0 radical (unpaired) electrons. The Bertz CT molecular complexity index is 609. The Morgan fingerprint density at radius 3 is 2.57 bits per heavy atom. The molecule has 1 saturated heterocycles. The number of aliphatic hydroxyl groups is 1. The van der Waals surface area contributed by atoms with Crippen molar-refractivity contribution in [2.24, 2.45) is 5.41 Å². The number of nitrogens with one attached hydrogen (secondary N) is 1. The Morgan fingerprint density at radius 1 is 1.29 bits per heavy atom. The maximum atomic E-state index is 9.43. The van der Waals surface area contributed by atoms with E-state index in [-0.39, 0.29) is 12.0 Å². The summed E-state index contributed by atoms with van der Waals surface area (Å²) < 4.78 is 7.12. The predicted molar refractivity (Wildman–Crippen MR) is 81.9 cm³/mol. The van der Waals surface area contributed by atoms with Crippen LogP contribution in [0, 0.1) is 19.3 Å². The monoisotopic (exact) mass is 287 g/mol. The largest absolute Gasteiger partial charge is 0.396 e. The lowest BCUT2D eigenvalue weighted by atomic mass is 9.87. The van der Waals surface area contributed by atoms with E-state index in [0.29, 0.717) is 19.8 Å². The fourth-order valence-electron chi connectivity index (χ4n) is 2.43. The molecule has 1 fully saturated rings. The van der Waals surface area contributed by atoms with Gasteiger partial charge in [0.1, 0.15) is 5.82 Å². The van der Waals surface area contributed by atoms with E-state index in [4.69, 9.17) is 4.74 Å². The Morgan fingerprint density at radius 2 is 2.00 bits per heavy atom. The van der Waals surface area contributed by atoms with Crippen molar-refractivity contribution >= 4 is 5.82 Å². The second kappa shape index (κ2) is 5.50. The standard InChI is InChI=1S/C16H21N3O2/c1-12-3-5-14(6-4-12)19-13(2)7-15(18-19)17-8-16(9-20)10-21-11-16/h3-7,20H,8-11H2,1-2H3,(H,17,18). The van der Waals surface area contributed by atoms with Gasteiger partial charge in [0.2, 0.25) is 0 Å². The van der Waals surface area contributed by atoms with Crippen LogP contribution in [-0.4, -0.2) is 41.3 Å². The zero-order valence-electron chi connectivity index (χ0n) is 12.5. The summed E-state index contributed by atoms with van der Waals surface area (Å²) in [5.41, 5.74) is 3.21. The van der Waals surface area contributed by atoms with Crippen LogP contribution < -0.4 is 5.32 Å². The van der Waals surface area contributed by atoms with E-state index < -0.39 is 0 Å². The number of anilines is 1. The van der Waals surface area contributed by atoms with Crippen molar-refractivity contribution in [2.75, 3.05) is 31.7 Å². The SMILES string of the molecule is Cc1ccc(-n2nc(NCC3(CO)COC3)cc2C)cc1. The summed E-state index contributed by atoms with van der Waals surface area (Å²) in [6.07, 6.45) is 0. The number of hydrogen-bond acceptors (Lipinski definition) is 4. The van der Waals surface area contributed by atoms with Crippen LogP contribution in [0.4, 0.5) is 5.82 Å². The average molecular weight is 287 g/mol. The predicted octanol–water partition coefficient (Wildman–Crippen LogP) is 1.91. The van der Waals surface area contributed by atoms with Crippen LogP contribution in [0.25, 0.3) is 5.69 Å². The molecule has 1 aliphatic heterocycles. The molecule has 2 heterocycles. The van der Waals surface area contributed by atoms with Crippen molar-refractivity contribution in [1.29, 1.82) is 0 Å². The number of hydrogen-bond donors (Lipinski definition) is 2. The lowest BCUT2D eigenvalue weighted by Gasteiger charge is -2.39. The summed E-state index contributed by atoms with van der Waals surface area (Å²) in [4.78, 5) is 0. The lowest BCUT2D eigenvalue weighted by Crippen LogP contribution is -2.50. The second-order valence-corrected chi connectivity index (χ2v) is 5.92. The number of aliphatic hydroxyl groups excluding tert-OH is 1. The van der Waals surface area contributed by atoms with Gasteiger partial charge in [-0.25, -0.2) is 4.68 Å². The molecular formula is C16H21N3O2. The number of benzene rings is 1. The van der Waals surface area contributed by atoms with Crippen molar-refractivity contribution in [3.8, 4) is 5.69 Å². The van der Waals surface area contributed by atoms with Gasteiger partial charge in [-0.05, 0) is 26.0 Å². The van der Waals surface area contributed by atoms with E-state index >= 15 is 0 Å². The van der Waals surface area contributed by atoms with Crippen molar-refractivity contribution in [2.45, 2.75) is 13.8 Å². The third kappa shape index (κ3) is 2.80. The van der Waals surface area contributed by atoms with Crippen LogP contribution in [0.1, 0.15) is 11.3 Å². The molecule has 0 spiro atoms. The molecule has 0 aliphatic carbocycles. The van der Waals surface area contributed by atoms with Crippen molar-refractivity contribution in [3.05, 3.63) is 41.6 Å². The summed E-state index contributed by atoms with van der Waals surface area (Å²) in [5.74, 6) is 0.827. The molecule has 112 valence electrons. The first-order valence-electron chi connectivity index (χ1n) is 7.18. The highest BCUT2D eigenvalue weighted by Crippen LogP contribution is 2.27. The number of nitrogens with zero attached hydrogens (tertiary/aromatic N) is 2. The third-order valence-corrected chi connectivity index (χ3v) is 3.96. The number of ether oxygens (including phenoxy) is 1. The number of rotatable bonds is 5. The molecule has 2 N–H and O–H groups in total.